The second-order valence-electron chi connectivity index (χ2n) is 12.0. The summed E-state index contributed by atoms with van der Waals surface area (Å²) in [5.41, 5.74) is 9.06. The minimum absolute atomic E-state index is 0. The zero-order valence-electron chi connectivity index (χ0n) is 28.9. The number of rotatable bonds is 13. The number of carbonyl (C=O) groups is 2. The van der Waals surface area contributed by atoms with Crippen LogP contribution < -0.4 is 10.5 Å². The Labute approximate surface area is 295 Å². The number of fused-ring (bicyclic) bond motifs is 1. The third-order valence-corrected chi connectivity index (χ3v) is 9.84. The molecule has 2 heterocycles. The van der Waals surface area contributed by atoms with E-state index in [-0.39, 0.29) is 34.8 Å². The number of benzene rings is 3. The van der Waals surface area contributed by atoms with Gasteiger partial charge in [0.05, 0.1) is 23.9 Å². The topological polar surface area (TPSA) is 228 Å². The Hall–Kier alpha value is -4.44. The van der Waals surface area contributed by atoms with Crippen LogP contribution >= 0.6 is 0 Å². The molecule has 14 heteroatoms. The predicted octanol–water partition coefficient (Wildman–Crippen LogP) is 2.96. The van der Waals surface area contributed by atoms with Crippen molar-refractivity contribution in [3.8, 4) is 5.69 Å². The van der Waals surface area contributed by atoms with Gasteiger partial charge in [-0.3, -0.25) is 9.59 Å². The molecule has 0 saturated heterocycles. The highest BCUT2D eigenvalue weighted by Crippen LogP contribution is 2.29. The van der Waals surface area contributed by atoms with Crippen LogP contribution in [-0.2, 0) is 24.0 Å². The first-order valence-electron chi connectivity index (χ1n) is 16.3. The molecule has 50 heavy (non-hydrogen) atoms. The normalized spacial score (nSPS) is 13.9. The Bertz CT molecular complexity index is 1760. The summed E-state index contributed by atoms with van der Waals surface area (Å²) in [6.07, 6.45) is 4.31. The molecule has 0 aliphatic carbocycles. The average Bonchev–Trinajstić information content (AvgIpc) is 3.48. The van der Waals surface area contributed by atoms with Crippen molar-refractivity contribution < 1.29 is 41.1 Å². The highest BCUT2D eigenvalue weighted by atomic mass is 32.2. The number of nitrogens with one attached hydrogen (secondary N) is 1. The van der Waals surface area contributed by atoms with E-state index < -0.39 is 17.0 Å². The van der Waals surface area contributed by atoms with Gasteiger partial charge >= 0.3 is 0 Å². The molecular weight excluding hydrogens is 660 g/mol. The monoisotopic (exact) mass is 710 g/mol. The van der Waals surface area contributed by atoms with Crippen molar-refractivity contribution in [2.24, 2.45) is 0 Å². The number of quaternary nitrogens is 1. The van der Waals surface area contributed by atoms with Gasteiger partial charge in [0.25, 0.3) is 11.8 Å². The number of hydrogen-bond acceptors (Lipinski definition) is 6. The van der Waals surface area contributed by atoms with Crippen LogP contribution in [0.2, 0.25) is 0 Å². The van der Waals surface area contributed by atoms with Gasteiger partial charge in [0.2, 0.25) is 0 Å². The highest BCUT2D eigenvalue weighted by Gasteiger charge is 2.32. The summed E-state index contributed by atoms with van der Waals surface area (Å²) in [5.74, 6) is -0.425. The van der Waals surface area contributed by atoms with Crippen molar-refractivity contribution in [2.45, 2.75) is 70.4 Å². The molecule has 4 aromatic rings. The molecule has 2 atom stereocenters. The van der Waals surface area contributed by atoms with Crippen LogP contribution in [0.15, 0.2) is 77.7 Å². The van der Waals surface area contributed by atoms with Gasteiger partial charge in [0.15, 0.2) is 16.7 Å². The molecular formula is C36H50N6O7S. The summed E-state index contributed by atoms with van der Waals surface area (Å²) in [5, 5.41) is 15.1. The van der Waals surface area contributed by atoms with E-state index in [1.807, 2.05) is 42.2 Å². The Morgan fingerprint density at radius 1 is 0.980 bits per heavy atom. The SMILES string of the molecule is CCCCN(CCCC)C(=O)c1cc(C)n(-c2ccc(NS(=O)c3ccccc3[NH3+])cc2C(=O)N2Cc3ccccc3C[C@H]2CO)n1.O.O.[OH-]. The number of amides is 2. The van der Waals surface area contributed by atoms with E-state index in [4.69, 9.17) is 5.10 Å². The van der Waals surface area contributed by atoms with Crippen LogP contribution in [0, 0.1) is 6.92 Å². The van der Waals surface area contributed by atoms with E-state index in [0.29, 0.717) is 65.0 Å². The maximum absolute atomic E-state index is 14.5. The lowest BCUT2D eigenvalue weighted by atomic mass is 9.93. The molecule has 0 radical (unpaired) electrons. The fraction of sp³-hybridized carbons (Fsp3) is 0.361. The van der Waals surface area contributed by atoms with Crippen LogP contribution in [0.25, 0.3) is 5.69 Å². The maximum atomic E-state index is 14.5. The van der Waals surface area contributed by atoms with E-state index in [1.54, 1.807) is 52.0 Å². The lowest BCUT2D eigenvalue weighted by molar-refractivity contribution is -0.258. The number of unbranched alkanes of at least 4 members (excludes halogenated alkanes) is 2. The van der Waals surface area contributed by atoms with Crippen LogP contribution in [0.1, 0.15) is 77.2 Å². The first-order valence-corrected chi connectivity index (χ1v) is 17.5. The van der Waals surface area contributed by atoms with E-state index in [9.17, 15) is 18.9 Å². The largest absolute Gasteiger partial charge is 0.870 e. The van der Waals surface area contributed by atoms with Crippen LogP contribution in [-0.4, -0.2) is 82.9 Å². The number of nitrogens with zero attached hydrogens (tertiary/aromatic N) is 4. The lowest BCUT2D eigenvalue weighted by Crippen LogP contribution is -2.46. The molecule has 272 valence electrons. The molecule has 1 aromatic heterocycles. The smallest absolute Gasteiger partial charge is 0.274 e. The van der Waals surface area contributed by atoms with Crippen molar-refractivity contribution in [1.29, 1.82) is 0 Å². The van der Waals surface area contributed by atoms with Crippen LogP contribution in [0.4, 0.5) is 11.4 Å². The predicted molar refractivity (Wildman–Crippen MR) is 193 cm³/mol. The van der Waals surface area contributed by atoms with Crippen molar-refractivity contribution >= 4 is 34.2 Å². The molecule has 10 N–H and O–H groups in total. The summed E-state index contributed by atoms with van der Waals surface area (Å²) in [4.78, 5) is 32.3. The summed E-state index contributed by atoms with van der Waals surface area (Å²) in [7, 11) is -1.63. The Morgan fingerprint density at radius 3 is 2.26 bits per heavy atom. The number of carbonyl (C=O) groups excluding carboxylic acids is 2. The quantitative estimate of drug-likeness (QED) is 0.189. The summed E-state index contributed by atoms with van der Waals surface area (Å²) in [6.45, 7) is 7.55. The van der Waals surface area contributed by atoms with E-state index in [2.05, 4.69) is 24.3 Å². The average molecular weight is 711 g/mol. The third-order valence-electron chi connectivity index (χ3n) is 8.62. The van der Waals surface area contributed by atoms with Gasteiger partial charge in [-0.2, -0.15) is 5.10 Å². The second kappa shape index (κ2) is 19.1. The second-order valence-corrected chi connectivity index (χ2v) is 13.2. The number of aliphatic hydroxyl groups excluding tert-OH is 1. The number of aryl methyl sites for hydroxylation is 1. The van der Waals surface area contributed by atoms with Crippen LogP contribution in [0.5, 0.6) is 0 Å². The fourth-order valence-corrected chi connectivity index (χ4v) is 6.90. The zero-order valence-corrected chi connectivity index (χ0v) is 29.7. The molecule has 0 fully saturated rings. The van der Waals surface area contributed by atoms with E-state index in [1.165, 1.54) is 0 Å². The molecule has 0 spiro atoms. The fourth-order valence-electron chi connectivity index (χ4n) is 5.94. The third kappa shape index (κ3) is 9.21. The van der Waals surface area contributed by atoms with Gasteiger partial charge < -0.3 is 41.8 Å². The van der Waals surface area contributed by atoms with E-state index >= 15 is 0 Å². The van der Waals surface area contributed by atoms with Gasteiger partial charge in [0, 0.05) is 37.1 Å². The number of aromatic nitrogens is 2. The number of hydrogen-bond donors (Lipinski definition) is 3. The summed E-state index contributed by atoms with van der Waals surface area (Å²) >= 11 is 0. The van der Waals surface area contributed by atoms with E-state index in [0.717, 1.165) is 36.8 Å². The Balaban J connectivity index is 0.00000289. The Kier molecular flexibility index (Phi) is 15.9. The first kappa shape index (κ1) is 41.7. The highest BCUT2D eigenvalue weighted by molar-refractivity contribution is 7.86. The number of aliphatic hydroxyl groups is 1. The molecule has 1 unspecified atom stereocenters. The summed E-state index contributed by atoms with van der Waals surface area (Å²) < 4.78 is 18.0. The molecule has 1 aliphatic rings. The maximum Gasteiger partial charge on any atom is 0.274 e. The molecule has 2 amide bonds. The molecule has 3 aromatic carbocycles. The standard InChI is InChI=1S/C36H44N6O4S.3H2O/c1-4-6-18-40(19-7-5-2)36(45)32-20-25(3)42(38-32)33-17-16-28(39-47(46)34-15-11-10-14-31(34)37)22-30(33)35(44)41-23-27-13-9-8-12-26(27)21-29(41)24-43;;;/h8-17,20,22,29,39,43H,4-7,18-19,21,23-24,37H2,1-3H3;3*1H2/t29-,47?;;;/m0.../s1. The molecule has 1 aliphatic heterocycles. The van der Waals surface area contributed by atoms with Gasteiger partial charge in [0.1, 0.15) is 10.6 Å². The van der Waals surface area contributed by atoms with Gasteiger partial charge in [-0.1, -0.05) is 63.1 Å². The molecule has 13 nitrogen and oxygen atoms in total. The van der Waals surface area contributed by atoms with Crippen molar-refractivity contribution in [1.82, 2.24) is 19.6 Å². The van der Waals surface area contributed by atoms with Gasteiger partial charge in [-0.05, 0) is 67.6 Å². The van der Waals surface area contributed by atoms with Gasteiger partial charge in [-0.15, -0.1) is 0 Å². The first-order chi connectivity index (χ1) is 22.7. The van der Waals surface area contributed by atoms with Crippen LogP contribution in [0.3, 0.4) is 0 Å². The molecule has 0 bridgehead atoms. The minimum atomic E-state index is -1.63. The van der Waals surface area contributed by atoms with Crippen molar-refractivity contribution in [3.63, 3.8) is 0 Å². The Morgan fingerprint density at radius 2 is 1.62 bits per heavy atom. The number of anilines is 1. The molecule has 5 rings (SSSR count). The molecule has 0 saturated carbocycles. The lowest BCUT2D eigenvalue weighted by Gasteiger charge is -2.36. The minimum Gasteiger partial charge on any atom is -0.870 e. The van der Waals surface area contributed by atoms with Crippen molar-refractivity contribution in [2.75, 3.05) is 24.4 Å². The summed E-state index contributed by atoms with van der Waals surface area (Å²) in [6, 6.07) is 21.6. The van der Waals surface area contributed by atoms with Crippen molar-refractivity contribution in [3.05, 3.63) is 101 Å². The zero-order chi connectivity index (χ0) is 33.5. The van der Waals surface area contributed by atoms with Gasteiger partial charge in [-0.25, -0.2) is 8.89 Å².